The highest BCUT2D eigenvalue weighted by Crippen LogP contribution is 2.27. The molecule has 1 fully saturated rings. The molecule has 0 bridgehead atoms. The summed E-state index contributed by atoms with van der Waals surface area (Å²) in [5, 5.41) is 0.453. The largest absolute Gasteiger partial charge is 0.354 e. The van der Waals surface area contributed by atoms with E-state index in [4.69, 9.17) is 11.6 Å². The van der Waals surface area contributed by atoms with Gasteiger partial charge in [0.1, 0.15) is 23.8 Å². The van der Waals surface area contributed by atoms with Gasteiger partial charge in [-0.25, -0.2) is 23.4 Å². The van der Waals surface area contributed by atoms with E-state index in [0.717, 1.165) is 23.0 Å². The van der Waals surface area contributed by atoms with Crippen LogP contribution in [0.3, 0.4) is 0 Å². The van der Waals surface area contributed by atoms with E-state index in [0.29, 0.717) is 42.6 Å². The van der Waals surface area contributed by atoms with Crippen LogP contribution in [-0.2, 0) is 10.0 Å². The molecule has 3 aromatic rings. The lowest BCUT2D eigenvalue weighted by atomic mass is 10.2. The van der Waals surface area contributed by atoms with Crippen molar-refractivity contribution >= 4 is 27.4 Å². The van der Waals surface area contributed by atoms with E-state index in [1.807, 2.05) is 31.4 Å². The van der Waals surface area contributed by atoms with E-state index in [-0.39, 0.29) is 4.90 Å². The second-order valence-corrected chi connectivity index (χ2v) is 9.98. The minimum Gasteiger partial charge on any atom is -0.354 e. The van der Waals surface area contributed by atoms with E-state index in [1.54, 1.807) is 31.5 Å². The number of hydrogen-bond acceptors (Lipinski definition) is 6. The van der Waals surface area contributed by atoms with Crippen LogP contribution in [0.25, 0.3) is 5.82 Å². The molecule has 1 aromatic carbocycles. The Bertz CT molecular complexity index is 1230. The number of sulfonamides is 1. The smallest absolute Gasteiger partial charge is 0.243 e. The van der Waals surface area contributed by atoms with Crippen LogP contribution in [0, 0.1) is 27.7 Å². The molecule has 0 radical (unpaired) electrons. The maximum atomic E-state index is 13.1. The lowest BCUT2D eigenvalue weighted by molar-refractivity contribution is 0.383. The second-order valence-electron chi connectivity index (χ2n) is 7.67. The van der Waals surface area contributed by atoms with Gasteiger partial charge in [-0.05, 0) is 45.4 Å². The fraction of sp³-hybridized carbons (Fsp3) is 0.381. The third kappa shape index (κ3) is 4.05. The number of halogens is 1. The zero-order valence-electron chi connectivity index (χ0n) is 18.0. The molecule has 3 heterocycles. The first-order valence-electron chi connectivity index (χ1n) is 10.1. The van der Waals surface area contributed by atoms with Crippen LogP contribution in [0.1, 0.15) is 22.8 Å². The first-order chi connectivity index (χ1) is 14.7. The predicted molar refractivity (Wildman–Crippen MR) is 121 cm³/mol. The maximum Gasteiger partial charge on any atom is 0.243 e. The zero-order valence-corrected chi connectivity index (χ0v) is 19.6. The third-order valence-corrected chi connectivity index (χ3v) is 8.16. The normalized spacial score (nSPS) is 15.5. The molecular formula is C21H25ClN6O2S. The monoisotopic (exact) mass is 460 g/mol. The Morgan fingerprint density at radius 2 is 1.65 bits per heavy atom. The molecule has 0 spiro atoms. The van der Waals surface area contributed by atoms with Crippen LogP contribution in [0.5, 0.6) is 0 Å². The highest BCUT2D eigenvalue weighted by molar-refractivity contribution is 7.89. The van der Waals surface area contributed by atoms with Gasteiger partial charge >= 0.3 is 0 Å². The minimum atomic E-state index is -3.61. The van der Waals surface area contributed by atoms with Crippen LogP contribution in [0.15, 0.2) is 35.5 Å². The molecule has 1 aliphatic rings. The van der Waals surface area contributed by atoms with Gasteiger partial charge in [0.2, 0.25) is 10.0 Å². The predicted octanol–water partition coefficient (Wildman–Crippen LogP) is 3.06. The van der Waals surface area contributed by atoms with Crippen LogP contribution < -0.4 is 4.90 Å². The Morgan fingerprint density at radius 1 is 0.968 bits per heavy atom. The number of rotatable bonds is 4. The van der Waals surface area contributed by atoms with Crippen molar-refractivity contribution in [3.63, 3.8) is 0 Å². The average molecular weight is 461 g/mol. The molecule has 2 aromatic heterocycles. The van der Waals surface area contributed by atoms with Crippen molar-refractivity contribution in [3.05, 3.63) is 58.4 Å². The Hall–Kier alpha value is -2.49. The number of nitrogens with zero attached hydrogens (tertiary/aromatic N) is 6. The van der Waals surface area contributed by atoms with Crippen molar-refractivity contribution in [2.45, 2.75) is 32.6 Å². The van der Waals surface area contributed by atoms with Gasteiger partial charge in [-0.15, -0.1) is 0 Å². The van der Waals surface area contributed by atoms with E-state index in [2.05, 4.69) is 19.9 Å². The fourth-order valence-electron chi connectivity index (χ4n) is 3.72. The van der Waals surface area contributed by atoms with Crippen LogP contribution in [0.2, 0.25) is 5.02 Å². The fourth-order valence-corrected chi connectivity index (χ4v) is 5.62. The van der Waals surface area contributed by atoms with Crippen molar-refractivity contribution in [3.8, 4) is 5.82 Å². The van der Waals surface area contributed by atoms with Gasteiger partial charge in [0.25, 0.3) is 0 Å². The van der Waals surface area contributed by atoms with Crippen molar-refractivity contribution in [2.24, 2.45) is 0 Å². The first-order valence-corrected chi connectivity index (χ1v) is 11.9. The topological polar surface area (TPSA) is 84.2 Å². The van der Waals surface area contributed by atoms with E-state index in [9.17, 15) is 8.42 Å². The standard InChI is InChI=1S/C21H25ClN6O2S/c1-14-18(22)6-5-7-19(14)31(29,30)27-10-8-26(9-11-27)20-12-21(25-17(4)24-20)28-13-23-15(2)16(28)3/h5-7,12-13H,8-11H2,1-4H3. The number of anilines is 1. The lowest BCUT2D eigenvalue weighted by Gasteiger charge is -2.35. The van der Waals surface area contributed by atoms with Crippen molar-refractivity contribution in [2.75, 3.05) is 31.1 Å². The number of hydrogen-bond donors (Lipinski definition) is 0. The summed E-state index contributed by atoms with van der Waals surface area (Å²) in [4.78, 5) is 15.8. The molecule has 0 saturated carbocycles. The molecule has 0 atom stereocenters. The van der Waals surface area contributed by atoms with Gasteiger partial charge in [0, 0.05) is 43.0 Å². The van der Waals surface area contributed by atoms with Gasteiger partial charge in [0.05, 0.1) is 10.6 Å². The molecule has 4 rings (SSSR count). The summed E-state index contributed by atoms with van der Waals surface area (Å²) >= 11 is 6.14. The number of imidazole rings is 1. The van der Waals surface area contributed by atoms with Gasteiger partial charge in [0.15, 0.2) is 0 Å². The molecule has 0 N–H and O–H groups in total. The van der Waals surface area contributed by atoms with Gasteiger partial charge < -0.3 is 4.90 Å². The number of benzene rings is 1. The van der Waals surface area contributed by atoms with Crippen molar-refractivity contribution in [1.82, 2.24) is 23.8 Å². The number of piperazine rings is 1. The van der Waals surface area contributed by atoms with Gasteiger partial charge in [-0.3, -0.25) is 4.57 Å². The molecule has 8 nitrogen and oxygen atoms in total. The molecule has 164 valence electrons. The summed E-state index contributed by atoms with van der Waals surface area (Å²) in [5.41, 5.74) is 2.55. The Labute approximate surface area is 187 Å². The Kier molecular flexibility index (Phi) is 5.76. The summed E-state index contributed by atoms with van der Waals surface area (Å²) in [6, 6.07) is 6.90. The van der Waals surface area contributed by atoms with Crippen molar-refractivity contribution in [1.29, 1.82) is 0 Å². The molecular weight excluding hydrogens is 436 g/mol. The first kappa shape index (κ1) is 21.7. The third-order valence-electron chi connectivity index (χ3n) is 5.71. The Balaban J connectivity index is 1.55. The summed E-state index contributed by atoms with van der Waals surface area (Å²) in [7, 11) is -3.61. The quantitative estimate of drug-likeness (QED) is 0.595. The number of aromatic nitrogens is 4. The summed E-state index contributed by atoms with van der Waals surface area (Å²) in [6.07, 6.45) is 1.76. The molecule has 1 aliphatic heterocycles. The molecule has 0 unspecified atom stereocenters. The summed E-state index contributed by atoms with van der Waals surface area (Å²) < 4.78 is 29.8. The molecule has 1 saturated heterocycles. The second kappa shape index (κ2) is 8.22. The number of aryl methyl sites for hydroxylation is 2. The van der Waals surface area contributed by atoms with Crippen LogP contribution in [-0.4, -0.2) is 58.4 Å². The minimum absolute atomic E-state index is 0.263. The summed E-state index contributed by atoms with van der Waals surface area (Å²) in [6.45, 7) is 9.37. The van der Waals surface area contributed by atoms with E-state index >= 15 is 0 Å². The van der Waals surface area contributed by atoms with E-state index < -0.39 is 10.0 Å². The van der Waals surface area contributed by atoms with Gasteiger partial charge in [-0.2, -0.15) is 4.31 Å². The van der Waals surface area contributed by atoms with E-state index in [1.165, 1.54) is 4.31 Å². The highest BCUT2D eigenvalue weighted by Gasteiger charge is 2.30. The maximum absolute atomic E-state index is 13.1. The van der Waals surface area contributed by atoms with Gasteiger partial charge in [-0.1, -0.05) is 17.7 Å². The highest BCUT2D eigenvalue weighted by atomic mass is 35.5. The lowest BCUT2D eigenvalue weighted by Crippen LogP contribution is -2.49. The molecule has 31 heavy (non-hydrogen) atoms. The average Bonchev–Trinajstić information content (AvgIpc) is 3.08. The Morgan fingerprint density at radius 3 is 2.29 bits per heavy atom. The molecule has 10 heteroatoms. The zero-order chi connectivity index (χ0) is 22.3. The SMILES string of the molecule is Cc1nc(N2CCN(S(=O)(=O)c3cccc(Cl)c3C)CC2)cc(-n2cnc(C)c2C)n1. The van der Waals surface area contributed by atoms with Crippen molar-refractivity contribution < 1.29 is 8.42 Å². The summed E-state index contributed by atoms with van der Waals surface area (Å²) in [5.74, 6) is 2.19. The molecule has 0 amide bonds. The van der Waals surface area contributed by atoms with Crippen LogP contribution >= 0.6 is 11.6 Å². The van der Waals surface area contributed by atoms with Crippen LogP contribution in [0.4, 0.5) is 5.82 Å². The molecule has 0 aliphatic carbocycles.